The van der Waals surface area contributed by atoms with Crippen LogP contribution in [0.4, 0.5) is 0 Å². The third kappa shape index (κ3) is 1.32. The number of benzene rings is 1. The summed E-state index contributed by atoms with van der Waals surface area (Å²) >= 11 is 5.99. The standard InChI is InChI=1S/C12H10ClN3/c1-16-6-10(11-5-14-7-15-11)9-3-2-8(13)4-12(9)16/h2-7H,1H3,(H,14,15). The van der Waals surface area contributed by atoms with Crippen molar-refractivity contribution >= 4 is 22.5 Å². The molecule has 0 bridgehead atoms. The molecule has 0 saturated heterocycles. The van der Waals surface area contributed by atoms with Gasteiger partial charge >= 0.3 is 0 Å². The summed E-state index contributed by atoms with van der Waals surface area (Å²) in [6, 6.07) is 5.91. The van der Waals surface area contributed by atoms with Gasteiger partial charge in [-0.3, -0.25) is 0 Å². The first-order chi connectivity index (χ1) is 7.75. The number of aryl methyl sites for hydroxylation is 1. The fraction of sp³-hybridized carbons (Fsp3) is 0.0833. The molecule has 0 saturated carbocycles. The van der Waals surface area contributed by atoms with E-state index >= 15 is 0 Å². The van der Waals surface area contributed by atoms with E-state index in [1.807, 2.05) is 31.4 Å². The quantitative estimate of drug-likeness (QED) is 0.686. The number of imidazole rings is 1. The molecule has 3 aromatic rings. The SMILES string of the molecule is Cn1cc(-c2cnc[nH]2)c2ccc(Cl)cc21. The highest BCUT2D eigenvalue weighted by Gasteiger charge is 2.09. The van der Waals surface area contributed by atoms with Gasteiger partial charge in [0.1, 0.15) is 0 Å². The van der Waals surface area contributed by atoms with Crippen molar-refractivity contribution < 1.29 is 0 Å². The highest BCUT2D eigenvalue weighted by molar-refractivity contribution is 6.31. The van der Waals surface area contributed by atoms with E-state index in [4.69, 9.17) is 11.6 Å². The van der Waals surface area contributed by atoms with Crippen molar-refractivity contribution in [2.75, 3.05) is 0 Å². The maximum Gasteiger partial charge on any atom is 0.0924 e. The van der Waals surface area contributed by atoms with E-state index in [0.29, 0.717) is 0 Å². The molecule has 3 nitrogen and oxygen atoms in total. The Hall–Kier alpha value is -1.74. The van der Waals surface area contributed by atoms with Gasteiger partial charge in [-0.15, -0.1) is 0 Å². The Kier molecular flexibility index (Phi) is 2.01. The lowest BCUT2D eigenvalue weighted by molar-refractivity contribution is 0.970. The van der Waals surface area contributed by atoms with Gasteiger partial charge in [0.05, 0.1) is 18.2 Å². The Morgan fingerprint density at radius 3 is 3.00 bits per heavy atom. The third-order valence-electron chi connectivity index (χ3n) is 2.74. The maximum atomic E-state index is 5.99. The molecule has 4 heteroatoms. The first-order valence-corrected chi connectivity index (χ1v) is 5.37. The van der Waals surface area contributed by atoms with Gasteiger partial charge in [-0.05, 0) is 12.1 Å². The van der Waals surface area contributed by atoms with Gasteiger partial charge in [0.25, 0.3) is 0 Å². The van der Waals surface area contributed by atoms with Crippen LogP contribution in [0.5, 0.6) is 0 Å². The molecule has 2 aromatic heterocycles. The molecule has 3 rings (SSSR count). The van der Waals surface area contributed by atoms with Crippen LogP contribution in [0, 0.1) is 0 Å². The van der Waals surface area contributed by atoms with E-state index in [0.717, 1.165) is 21.8 Å². The predicted octanol–water partition coefficient (Wildman–Crippen LogP) is 3.22. The molecule has 0 amide bonds. The number of rotatable bonds is 1. The van der Waals surface area contributed by atoms with E-state index in [-0.39, 0.29) is 0 Å². The summed E-state index contributed by atoms with van der Waals surface area (Å²) in [5.41, 5.74) is 3.29. The summed E-state index contributed by atoms with van der Waals surface area (Å²) in [6.45, 7) is 0. The predicted molar refractivity (Wildman–Crippen MR) is 65.5 cm³/mol. The van der Waals surface area contributed by atoms with Gasteiger partial charge in [0.2, 0.25) is 0 Å². The average molecular weight is 232 g/mol. The number of hydrogen-bond donors (Lipinski definition) is 1. The summed E-state index contributed by atoms with van der Waals surface area (Å²) < 4.78 is 2.07. The molecule has 0 radical (unpaired) electrons. The van der Waals surface area contributed by atoms with Gasteiger partial charge in [-0.1, -0.05) is 17.7 Å². The lowest BCUT2D eigenvalue weighted by Crippen LogP contribution is -1.82. The molecule has 1 N–H and O–H groups in total. The fourth-order valence-electron chi connectivity index (χ4n) is 1.97. The molecule has 0 aliphatic rings. The Balaban J connectivity index is 2.35. The van der Waals surface area contributed by atoms with E-state index in [1.165, 1.54) is 5.39 Å². The Labute approximate surface area is 97.7 Å². The topological polar surface area (TPSA) is 33.6 Å². The van der Waals surface area contributed by atoms with Crippen molar-refractivity contribution in [3.63, 3.8) is 0 Å². The Morgan fingerprint density at radius 1 is 1.38 bits per heavy atom. The smallest absolute Gasteiger partial charge is 0.0924 e. The molecule has 1 aromatic carbocycles. The molecule has 0 aliphatic heterocycles. The highest BCUT2D eigenvalue weighted by Crippen LogP contribution is 2.30. The number of nitrogens with zero attached hydrogens (tertiary/aromatic N) is 2. The minimum atomic E-state index is 0.755. The van der Waals surface area contributed by atoms with Crippen LogP contribution in [0.25, 0.3) is 22.2 Å². The molecular formula is C12H10ClN3. The zero-order chi connectivity index (χ0) is 11.1. The number of aromatic nitrogens is 3. The summed E-state index contributed by atoms with van der Waals surface area (Å²) in [5.74, 6) is 0. The largest absolute Gasteiger partial charge is 0.350 e. The minimum Gasteiger partial charge on any atom is -0.350 e. The molecule has 0 spiro atoms. The minimum absolute atomic E-state index is 0.755. The van der Waals surface area contributed by atoms with Crippen LogP contribution in [0.3, 0.4) is 0 Å². The van der Waals surface area contributed by atoms with E-state index in [2.05, 4.69) is 20.7 Å². The lowest BCUT2D eigenvalue weighted by atomic mass is 10.1. The number of hydrogen-bond acceptors (Lipinski definition) is 1. The van der Waals surface area contributed by atoms with E-state index < -0.39 is 0 Å². The van der Waals surface area contributed by atoms with Crippen molar-refractivity contribution in [3.8, 4) is 11.3 Å². The number of fused-ring (bicyclic) bond motifs is 1. The van der Waals surface area contributed by atoms with Crippen molar-refractivity contribution in [1.82, 2.24) is 14.5 Å². The zero-order valence-corrected chi connectivity index (χ0v) is 9.49. The van der Waals surface area contributed by atoms with Gasteiger partial charge in [-0.25, -0.2) is 4.98 Å². The van der Waals surface area contributed by atoms with E-state index in [9.17, 15) is 0 Å². The molecule has 80 valence electrons. The van der Waals surface area contributed by atoms with Crippen LogP contribution in [0.2, 0.25) is 5.02 Å². The number of halogens is 1. The normalized spacial score (nSPS) is 11.1. The van der Waals surface area contributed by atoms with Crippen LogP contribution in [0.15, 0.2) is 36.9 Å². The van der Waals surface area contributed by atoms with Gasteiger partial charge in [0.15, 0.2) is 0 Å². The van der Waals surface area contributed by atoms with Crippen LogP contribution in [-0.2, 0) is 7.05 Å². The first-order valence-electron chi connectivity index (χ1n) is 4.99. The second-order valence-electron chi connectivity index (χ2n) is 3.78. The van der Waals surface area contributed by atoms with Gasteiger partial charge in [-0.2, -0.15) is 0 Å². The first kappa shape index (κ1) is 9.48. The molecule has 0 aliphatic carbocycles. The van der Waals surface area contributed by atoms with Gasteiger partial charge < -0.3 is 9.55 Å². The van der Waals surface area contributed by atoms with Crippen LogP contribution in [0.1, 0.15) is 0 Å². The van der Waals surface area contributed by atoms with Crippen molar-refractivity contribution in [2.24, 2.45) is 7.05 Å². The van der Waals surface area contributed by atoms with Crippen molar-refractivity contribution in [1.29, 1.82) is 0 Å². The zero-order valence-electron chi connectivity index (χ0n) is 8.74. The van der Waals surface area contributed by atoms with Crippen LogP contribution in [-0.4, -0.2) is 14.5 Å². The molecule has 0 atom stereocenters. The highest BCUT2D eigenvalue weighted by atomic mass is 35.5. The summed E-state index contributed by atoms with van der Waals surface area (Å²) in [5, 5.41) is 1.93. The Morgan fingerprint density at radius 2 is 2.25 bits per heavy atom. The van der Waals surface area contributed by atoms with Gasteiger partial charge in [0, 0.05) is 34.7 Å². The molecular weight excluding hydrogens is 222 g/mol. The maximum absolute atomic E-state index is 5.99. The van der Waals surface area contributed by atoms with E-state index in [1.54, 1.807) is 6.33 Å². The fourth-order valence-corrected chi connectivity index (χ4v) is 2.14. The second kappa shape index (κ2) is 3.39. The second-order valence-corrected chi connectivity index (χ2v) is 4.22. The molecule has 0 fully saturated rings. The Bertz CT molecular complexity index is 638. The molecule has 2 heterocycles. The lowest BCUT2D eigenvalue weighted by Gasteiger charge is -1.96. The molecule has 0 unspecified atom stereocenters. The summed E-state index contributed by atoms with van der Waals surface area (Å²) in [4.78, 5) is 7.16. The third-order valence-corrected chi connectivity index (χ3v) is 2.98. The van der Waals surface area contributed by atoms with Crippen molar-refractivity contribution in [3.05, 3.63) is 41.9 Å². The monoisotopic (exact) mass is 231 g/mol. The number of aromatic amines is 1. The number of H-pyrrole nitrogens is 1. The summed E-state index contributed by atoms with van der Waals surface area (Å²) in [6.07, 6.45) is 5.59. The average Bonchev–Trinajstić information content (AvgIpc) is 2.87. The summed E-state index contributed by atoms with van der Waals surface area (Å²) in [7, 11) is 2.01. The van der Waals surface area contributed by atoms with Crippen molar-refractivity contribution in [2.45, 2.75) is 0 Å². The van der Waals surface area contributed by atoms with Crippen LogP contribution >= 0.6 is 11.6 Å². The molecule has 16 heavy (non-hydrogen) atoms. The number of nitrogens with one attached hydrogen (secondary N) is 1. The van der Waals surface area contributed by atoms with Crippen LogP contribution < -0.4 is 0 Å².